The summed E-state index contributed by atoms with van der Waals surface area (Å²) in [5.41, 5.74) is 0. The van der Waals surface area contributed by atoms with E-state index in [9.17, 15) is 19.8 Å². The predicted molar refractivity (Wildman–Crippen MR) is 121 cm³/mol. The van der Waals surface area contributed by atoms with Crippen LogP contribution in [0.4, 0.5) is 0 Å². The van der Waals surface area contributed by atoms with E-state index in [1.165, 1.54) is 109 Å². The minimum atomic E-state index is -1.36. The van der Waals surface area contributed by atoms with E-state index < -0.39 is 24.3 Å². The summed E-state index contributed by atoms with van der Waals surface area (Å²) in [6.07, 6.45) is 27.6. The number of carbonyl (C=O) groups is 2. The predicted octanol–water partition coefficient (Wildman–Crippen LogP) is -0.511. The molecule has 0 aliphatic carbocycles. The van der Waals surface area contributed by atoms with Crippen molar-refractivity contribution in [3.05, 3.63) is 12.2 Å². The molecular formula is C26H46K2O4. The van der Waals surface area contributed by atoms with Gasteiger partial charge >= 0.3 is 103 Å². The summed E-state index contributed by atoms with van der Waals surface area (Å²) in [5.74, 6) is -3.79. The van der Waals surface area contributed by atoms with E-state index in [-0.39, 0.29) is 103 Å². The van der Waals surface area contributed by atoms with Crippen LogP contribution in [0.2, 0.25) is 0 Å². The van der Waals surface area contributed by atoms with Crippen LogP contribution in [-0.2, 0) is 9.59 Å². The fourth-order valence-corrected chi connectivity index (χ4v) is 3.83. The van der Waals surface area contributed by atoms with Gasteiger partial charge in [-0.2, -0.15) is 0 Å². The molecule has 0 amide bonds. The third-order valence-electron chi connectivity index (χ3n) is 5.78. The van der Waals surface area contributed by atoms with E-state index in [4.69, 9.17) is 0 Å². The number of carboxylic acid groups (broad SMARTS) is 2. The first-order valence-electron chi connectivity index (χ1n) is 12.6. The minimum absolute atomic E-state index is 0. The molecule has 176 valence electrons. The molecule has 0 spiro atoms. The van der Waals surface area contributed by atoms with Crippen molar-refractivity contribution in [1.82, 2.24) is 0 Å². The molecule has 1 atom stereocenters. The van der Waals surface area contributed by atoms with E-state index in [1.54, 1.807) is 6.08 Å². The van der Waals surface area contributed by atoms with E-state index in [1.807, 2.05) is 0 Å². The number of carboxylic acids is 2. The fraction of sp³-hybridized carbons (Fsp3) is 0.846. The topological polar surface area (TPSA) is 80.3 Å². The Labute approximate surface area is 283 Å². The number of hydrogen-bond acceptors (Lipinski definition) is 4. The molecule has 1 unspecified atom stereocenters. The zero-order valence-electron chi connectivity index (χ0n) is 21.5. The molecule has 0 saturated carbocycles. The van der Waals surface area contributed by atoms with Crippen molar-refractivity contribution >= 4 is 11.9 Å². The van der Waals surface area contributed by atoms with Crippen LogP contribution >= 0.6 is 0 Å². The summed E-state index contributed by atoms with van der Waals surface area (Å²) >= 11 is 0. The molecule has 0 aromatic carbocycles. The van der Waals surface area contributed by atoms with Crippen molar-refractivity contribution in [2.45, 2.75) is 135 Å². The largest absolute Gasteiger partial charge is 1.00 e. The molecule has 0 radical (unpaired) electrons. The van der Waals surface area contributed by atoms with E-state index in [2.05, 4.69) is 6.92 Å². The van der Waals surface area contributed by atoms with Crippen LogP contribution in [0.3, 0.4) is 0 Å². The zero-order chi connectivity index (χ0) is 22.3. The number of allylic oxidation sites excluding steroid dienone is 1. The molecular weight excluding hydrogens is 454 g/mol. The van der Waals surface area contributed by atoms with Crippen LogP contribution in [0.5, 0.6) is 0 Å². The maximum Gasteiger partial charge on any atom is 1.00 e. The van der Waals surface area contributed by atoms with Crippen LogP contribution in [0.1, 0.15) is 135 Å². The third kappa shape index (κ3) is 30.0. The molecule has 32 heavy (non-hydrogen) atoms. The standard InChI is InChI=1S/C26H48O4.2K/c1-2-3-4-5-6-7-8-9-10-11-12-13-14-15-16-17-18-19-20-21-22-24(26(29)30)23-25(27)28;;/h21-22,24H,2-20,23H2,1H3,(H,27,28)(H,29,30);;/q;2*+1/p-2. The fourth-order valence-electron chi connectivity index (χ4n) is 3.83. The Bertz CT molecular complexity index is 442. The number of aliphatic carboxylic acids is 2. The Kier molecular flexibility index (Phi) is 37.3. The number of hydrogen-bond donors (Lipinski definition) is 0. The van der Waals surface area contributed by atoms with E-state index in [0.29, 0.717) is 0 Å². The molecule has 4 nitrogen and oxygen atoms in total. The van der Waals surface area contributed by atoms with Crippen molar-refractivity contribution in [3.8, 4) is 0 Å². The van der Waals surface area contributed by atoms with Crippen molar-refractivity contribution in [2.75, 3.05) is 0 Å². The average molecular weight is 501 g/mol. The molecule has 0 aliphatic rings. The zero-order valence-corrected chi connectivity index (χ0v) is 27.8. The van der Waals surface area contributed by atoms with Gasteiger partial charge in [-0.15, -0.1) is 0 Å². The quantitative estimate of drug-likeness (QED) is 0.108. The second kappa shape index (κ2) is 31.0. The van der Waals surface area contributed by atoms with Gasteiger partial charge in [0.2, 0.25) is 0 Å². The van der Waals surface area contributed by atoms with Crippen molar-refractivity contribution in [2.24, 2.45) is 5.92 Å². The second-order valence-electron chi connectivity index (χ2n) is 8.73. The molecule has 0 saturated heterocycles. The molecule has 0 aromatic heterocycles. The van der Waals surface area contributed by atoms with Gasteiger partial charge in [0.15, 0.2) is 0 Å². The van der Waals surface area contributed by atoms with Crippen LogP contribution < -0.4 is 113 Å². The Hall–Kier alpha value is 1.95. The van der Waals surface area contributed by atoms with E-state index in [0.717, 1.165) is 19.3 Å². The maximum absolute atomic E-state index is 10.8. The first-order chi connectivity index (χ1) is 14.6. The Balaban J connectivity index is -0.00000420. The molecule has 0 fully saturated rings. The normalized spacial score (nSPS) is 11.7. The monoisotopic (exact) mass is 500 g/mol. The van der Waals surface area contributed by atoms with Gasteiger partial charge in [-0.05, 0) is 19.3 Å². The molecule has 6 heteroatoms. The summed E-state index contributed by atoms with van der Waals surface area (Å²) in [4.78, 5) is 21.3. The smallest absolute Gasteiger partial charge is 0.550 e. The molecule has 0 aliphatic heterocycles. The number of carbonyl (C=O) groups excluding carboxylic acids is 2. The summed E-state index contributed by atoms with van der Waals surface area (Å²) in [6, 6.07) is 0. The Morgan fingerprint density at radius 2 is 0.969 bits per heavy atom. The second-order valence-corrected chi connectivity index (χ2v) is 8.73. The van der Waals surface area contributed by atoms with Gasteiger partial charge in [0.1, 0.15) is 0 Å². The first-order valence-corrected chi connectivity index (χ1v) is 12.6. The van der Waals surface area contributed by atoms with Gasteiger partial charge in [0, 0.05) is 17.9 Å². The van der Waals surface area contributed by atoms with Crippen molar-refractivity contribution < 1.29 is 123 Å². The van der Waals surface area contributed by atoms with Crippen LogP contribution in [0, 0.1) is 5.92 Å². The summed E-state index contributed by atoms with van der Waals surface area (Å²) in [6.45, 7) is 2.27. The van der Waals surface area contributed by atoms with Gasteiger partial charge in [0.05, 0.1) is 0 Å². The Morgan fingerprint density at radius 3 is 1.28 bits per heavy atom. The van der Waals surface area contributed by atoms with Crippen LogP contribution in [0.15, 0.2) is 12.2 Å². The molecule has 0 rings (SSSR count). The first kappa shape index (κ1) is 38.5. The van der Waals surface area contributed by atoms with Crippen molar-refractivity contribution in [3.63, 3.8) is 0 Å². The maximum atomic E-state index is 10.8. The minimum Gasteiger partial charge on any atom is -0.550 e. The van der Waals surface area contributed by atoms with Gasteiger partial charge in [-0.1, -0.05) is 128 Å². The van der Waals surface area contributed by atoms with Gasteiger partial charge in [-0.3, -0.25) is 0 Å². The molecule has 0 heterocycles. The van der Waals surface area contributed by atoms with Gasteiger partial charge in [0.25, 0.3) is 0 Å². The number of unbranched alkanes of at least 4 members (excludes halogenated alkanes) is 18. The SMILES string of the molecule is CCCCCCCCCCCCCCCCCCCCC=CC(CC(=O)[O-])C(=O)[O-].[K+].[K+]. The van der Waals surface area contributed by atoms with E-state index >= 15 is 0 Å². The Morgan fingerprint density at radius 1 is 0.625 bits per heavy atom. The summed E-state index contributed by atoms with van der Waals surface area (Å²) in [5, 5.41) is 21.3. The molecule has 0 aromatic rings. The molecule has 0 N–H and O–H groups in total. The van der Waals surface area contributed by atoms with Gasteiger partial charge in [-0.25, -0.2) is 0 Å². The summed E-state index contributed by atoms with van der Waals surface area (Å²) < 4.78 is 0. The average Bonchev–Trinajstić information content (AvgIpc) is 2.71. The van der Waals surface area contributed by atoms with Crippen LogP contribution in [-0.4, -0.2) is 11.9 Å². The third-order valence-corrected chi connectivity index (χ3v) is 5.78. The van der Waals surface area contributed by atoms with Crippen molar-refractivity contribution in [1.29, 1.82) is 0 Å². The van der Waals surface area contributed by atoms with Gasteiger partial charge < -0.3 is 19.8 Å². The van der Waals surface area contributed by atoms with Crippen LogP contribution in [0.25, 0.3) is 0 Å². The number of rotatable bonds is 23. The summed E-state index contributed by atoms with van der Waals surface area (Å²) in [7, 11) is 0. The molecule has 0 bridgehead atoms.